The van der Waals surface area contributed by atoms with Crippen LogP contribution in [0.5, 0.6) is 11.5 Å². The fourth-order valence-electron chi connectivity index (χ4n) is 4.57. The number of ether oxygens (including phenoxy) is 2. The molecule has 3 aromatic carbocycles. The van der Waals surface area contributed by atoms with Crippen molar-refractivity contribution in [3.8, 4) is 11.5 Å². The van der Waals surface area contributed by atoms with Crippen molar-refractivity contribution in [1.82, 2.24) is 4.90 Å². The maximum absolute atomic E-state index is 14.1. The number of urea groups is 1. The minimum Gasteiger partial charge on any atom is -0.497 e. The highest BCUT2D eigenvalue weighted by Gasteiger charge is 2.59. The van der Waals surface area contributed by atoms with E-state index in [9.17, 15) is 9.59 Å². The van der Waals surface area contributed by atoms with Gasteiger partial charge in [0.2, 0.25) is 0 Å². The van der Waals surface area contributed by atoms with Gasteiger partial charge in [0.1, 0.15) is 11.5 Å². The van der Waals surface area contributed by atoms with Gasteiger partial charge < -0.3 is 19.7 Å². The lowest BCUT2D eigenvalue weighted by atomic mass is 10.1. The number of hydrogen-bond donors (Lipinski definition) is 1. The fourth-order valence-corrected chi connectivity index (χ4v) is 6.21. The predicted octanol–water partition coefficient (Wildman–Crippen LogP) is 5.34. The number of amides is 3. The molecule has 1 N–H and O–H groups in total. The van der Waals surface area contributed by atoms with Gasteiger partial charge in [0, 0.05) is 34.6 Å². The van der Waals surface area contributed by atoms with Gasteiger partial charge in [-0.25, -0.2) is 4.79 Å². The maximum atomic E-state index is 14.1. The molecule has 2 aliphatic heterocycles. The Morgan fingerprint density at radius 3 is 2.60 bits per heavy atom. The van der Waals surface area contributed by atoms with E-state index in [1.54, 1.807) is 54.4 Å². The molecule has 0 aliphatic carbocycles. The van der Waals surface area contributed by atoms with E-state index in [4.69, 9.17) is 21.1 Å². The lowest BCUT2D eigenvalue weighted by molar-refractivity contribution is -0.123. The number of hydrogen-bond acceptors (Lipinski definition) is 5. The summed E-state index contributed by atoms with van der Waals surface area (Å²) in [7, 11) is 3.16. The molecule has 1 unspecified atom stereocenters. The van der Waals surface area contributed by atoms with E-state index in [0.717, 1.165) is 16.8 Å². The lowest BCUT2D eigenvalue weighted by Gasteiger charge is -2.33. The van der Waals surface area contributed by atoms with Crippen LogP contribution in [0, 0.1) is 0 Å². The predicted molar refractivity (Wildman–Crippen MR) is 138 cm³/mol. The number of rotatable bonds is 5. The second-order valence-electron chi connectivity index (χ2n) is 8.17. The molecular formula is C26H24ClN3O4S. The quantitative estimate of drug-likeness (QED) is 0.503. The van der Waals surface area contributed by atoms with Crippen LogP contribution in [0.25, 0.3) is 0 Å². The molecule has 0 saturated carbocycles. The van der Waals surface area contributed by atoms with Crippen molar-refractivity contribution >= 4 is 46.7 Å². The van der Waals surface area contributed by atoms with Gasteiger partial charge in [0.15, 0.2) is 4.87 Å². The molecule has 7 nitrogen and oxygen atoms in total. The zero-order chi connectivity index (χ0) is 24.6. The van der Waals surface area contributed by atoms with Crippen LogP contribution in [0.4, 0.5) is 16.2 Å². The number of carbonyl (C=O) groups excluding carboxylic acids is 2. The monoisotopic (exact) mass is 509 g/mol. The zero-order valence-corrected chi connectivity index (χ0v) is 20.9. The van der Waals surface area contributed by atoms with Crippen molar-refractivity contribution in [2.75, 3.05) is 36.7 Å². The smallest absolute Gasteiger partial charge is 0.323 e. The highest BCUT2D eigenvalue weighted by atomic mass is 35.5. The largest absolute Gasteiger partial charge is 0.497 e. The third-order valence-corrected chi connectivity index (χ3v) is 8.04. The fraction of sp³-hybridized carbons (Fsp3) is 0.231. The second kappa shape index (κ2) is 9.36. The topological polar surface area (TPSA) is 71.1 Å². The van der Waals surface area contributed by atoms with Crippen LogP contribution in [0.2, 0.25) is 5.02 Å². The van der Waals surface area contributed by atoms with Gasteiger partial charge in [-0.05, 0) is 42.0 Å². The molecular weight excluding hydrogens is 486 g/mol. The highest BCUT2D eigenvalue weighted by Crippen LogP contribution is 2.55. The Bertz CT molecular complexity index is 1300. The third-order valence-electron chi connectivity index (χ3n) is 6.25. The van der Waals surface area contributed by atoms with Crippen LogP contribution < -0.4 is 19.7 Å². The van der Waals surface area contributed by atoms with Crippen LogP contribution in [-0.4, -0.2) is 43.4 Å². The molecule has 0 radical (unpaired) electrons. The van der Waals surface area contributed by atoms with Gasteiger partial charge in [-0.2, -0.15) is 0 Å². The van der Waals surface area contributed by atoms with Gasteiger partial charge >= 0.3 is 6.03 Å². The minimum atomic E-state index is -1.20. The van der Waals surface area contributed by atoms with E-state index in [-0.39, 0.29) is 11.9 Å². The molecule has 5 rings (SSSR count). The first kappa shape index (κ1) is 23.4. The number of carbonyl (C=O) groups is 2. The van der Waals surface area contributed by atoms with Crippen LogP contribution in [0.1, 0.15) is 11.1 Å². The molecule has 1 atom stereocenters. The average molecular weight is 510 g/mol. The summed E-state index contributed by atoms with van der Waals surface area (Å²) in [6.45, 7) is 0.717. The summed E-state index contributed by atoms with van der Waals surface area (Å²) in [5.74, 6) is 1.69. The standard InChI is InChI=1S/C26H24ClN3O4S/c1-33-19-8-5-7-18(14-19)28-25(32)30-12-13-35-26(30)21-15-20(34-2)10-11-23(21)29(24(26)31)16-17-6-3-4-9-22(17)27/h3-11,14-15H,12-13,16H2,1-2H3,(H,28,32). The highest BCUT2D eigenvalue weighted by molar-refractivity contribution is 8.01. The van der Waals surface area contributed by atoms with Crippen LogP contribution in [0.3, 0.4) is 0 Å². The first-order chi connectivity index (χ1) is 17.0. The average Bonchev–Trinajstić information content (AvgIpc) is 3.42. The van der Waals surface area contributed by atoms with Gasteiger partial charge in [-0.1, -0.05) is 35.9 Å². The van der Waals surface area contributed by atoms with Gasteiger partial charge in [0.25, 0.3) is 5.91 Å². The van der Waals surface area contributed by atoms with E-state index in [0.29, 0.717) is 41.1 Å². The van der Waals surface area contributed by atoms with Gasteiger partial charge in [0.05, 0.1) is 26.5 Å². The molecule has 3 amide bonds. The first-order valence-electron chi connectivity index (χ1n) is 11.1. The van der Waals surface area contributed by atoms with Crippen molar-refractivity contribution < 1.29 is 19.1 Å². The molecule has 0 bridgehead atoms. The zero-order valence-electron chi connectivity index (χ0n) is 19.3. The minimum absolute atomic E-state index is 0.177. The van der Waals surface area contributed by atoms with Crippen molar-refractivity contribution in [2.24, 2.45) is 0 Å². The molecule has 1 fully saturated rings. The normalized spacial score (nSPS) is 18.7. The molecule has 3 aromatic rings. The van der Waals surface area contributed by atoms with E-state index in [2.05, 4.69) is 5.32 Å². The Kier molecular flexibility index (Phi) is 6.25. The van der Waals surface area contributed by atoms with Crippen molar-refractivity contribution in [1.29, 1.82) is 0 Å². The molecule has 35 heavy (non-hydrogen) atoms. The van der Waals surface area contributed by atoms with Crippen LogP contribution in [-0.2, 0) is 16.2 Å². The number of thioether (sulfide) groups is 1. The summed E-state index contributed by atoms with van der Waals surface area (Å²) in [4.78, 5) is 29.8. The van der Waals surface area contributed by atoms with E-state index >= 15 is 0 Å². The summed E-state index contributed by atoms with van der Waals surface area (Å²) in [6.07, 6.45) is 0. The first-order valence-corrected chi connectivity index (χ1v) is 12.4. The number of nitrogens with one attached hydrogen (secondary N) is 1. The summed E-state index contributed by atoms with van der Waals surface area (Å²) >= 11 is 7.88. The Hall–Kier alpha value is -3.36. The SMILES string of the molecule is COc1cccc(NC(=O)N2CCSC23C(=O)N(Cc2ccccc2Cl)c2ccc(OC)cc23)c1. The molecule has 180 valence electrons. The van der Waals surface area contributed by atoms with Gasteiger partial charge in [-0.15, -0.1) is 11.8 Å². The number of fused-ring (bicyclic) bond motifs is 2. The second-order valence-corrected chi connectivity index (χ2v) is 9.87. The number of nitrogens with zero attached hydrogens (tertiary/aromatic N) is 2. The summed E-state index contributed by atoms with van der Waals surface area (Å²) in [5, 5.41) is 3.52. The number of benzene rings is 3. The van der Waals surface area contributed by atoms with Gasteiger partial charge in [-0.3, -0.25) is 9.69 Å². The van der Waals surface area contributed by atoms with Crippen molar-refractivity contribution in [2.45, 2.75) is 11.4 Å². The molecule has 2 heterocycles. The summed E-state index contributed by atoms with van der Waals surface area (Å²) in [6, 6.07) is 19.8. The molecule has 0 aromatic heterocycles. The Labute approximate surface area is 212 Å². The molecule has 9 heteroatoms. The summed E-state index contributed by atoms with van der Waals surface area (Å²) in [5.41, 5.74) is 2.89. The Balaban J connectivity index is 1.54. The lowest BCUT2D eigenvalue weighted by Crippen LogP contribution is -2.51. The summed E-state index contributed by atoms with van der Waals surface area (Å²) < 4.78 is 10.7. The van der Waals surface area contributed by atoms with Crippen molar-refractivity contribution in [3.63, 3.8) is 0 Å². The van der Waals surface area contributed by atoms with Crippen LogP contribution in [0.15, 0.2) is 66.7 Å². The van der Waals surface area contributed by atoms with E-state index in [1.165, 1.54) is 11.8 Å². The maximum Gasteiger partial charge on any atom is 0.323 e. The van der Waals surface area contributed by atoms with Crippen LogP contribution >= 0.6 is 23.4 Å². The number of anilines is 2. The van der Waals surface area contributed by atoms with E-state index < -0.39 is 4.87 Å². The Morgan fingerprint density at radius 1 is 1.06 bits per heavy atom. The third kappa shape index (κ3) is 3.96. The Morgan fingerprint density at radius 2 is 1.83 bits per heavy atom. The number of halogens is 1. The molecule has 1 spiro atoms. The van der Waals surface area contributed by atoms with Crippen molar-refractivity contribution in [3.05, 3.63) is 82.9 Å². The molecule has 1 saturated heterocycles. The van der Waals surface area contributed by atoms with E-state index in [1.807, 2.05) is 36.4 Å². The number of methoxy groups -OCH3 is 2. The molecule has 2 aliphatic rings.